The van der Waals surface area contributed by atoms with Gasteiger partial charge in [-0.2, -0.15) is 8.75 Å². The van der Waals surface area contributed by atoms with Crippen molar-refractivity contribution in [1.82, 2.24) is 8.75 Å². The van der Waals surface area contributed by atoms with Crippen LogP contribution >= 0.6 is 23.3 Å². The quantitative estimate of drug-likeness (QED) is 0.793. The van der Waals surface area contributed by atoms with Gasteiger partial charge in [-0.3, -0.25) is 4.79 Å². The Bertz CT molecular complexity index is 516. The summed E-state index contributed by atoms with van der Waals surface area (Å²) in [6, 6.07) is 4.57. The normalized spacial score (nSPS) is 10.4. The number of carbonyl (C=O) groups is 1. The van der Waals surface area contributed by atoms with Gasteiger partial charge in [0.25, 0.3) is 0 Å². The number of ketones is 1. The number of aromatic nitrogens is 2. The maximum absolute atomic E-state index is 13.5. The maximum Gasteiger partial charge on any atom is 0.188 e. The lowest BCUT2D eigenvalue weighted by Crippen LogP contribution is -2.05. The SMILES string of the molecule is O=C(Cc1cccc(Cl)c1F)c1cnsn1. The number of hydrogen-bond acceptors (Lipinski definition) is 4. The first kappa shape index (κ1) is 11.2. The van der Waals surface area contributed by atoms with E-state index in [1.54, 1.807) is 6.07 Å². The third-order valence-corrected chi connectivity index (χ3v) is 2.80. The third kappa shape index (κ3) is 2.25. The molecule has 3 nitrogen and oxygen atoms in total. The molecule has 2 rings (SSSR count). The molecule has 0 aliphatic heterocycles. The molecule has 0 spiro atoms. The molecule has 0 atom stereocenters. The molecule has 16 heavy (non-hydrogen) atoms. The van der Waals surface area contributed by atoms with Crippen molar-refractivity contribution in [2.24, 2.45) is 0 Å². The van der Waals surface area contributed by atoms with Crippen LogP contribution in [0.15, 0.2) is 24.4 Å². The van der Waals surface area contributed by atoms with Crippen LogP contribution in [0.3, 0.4) is 0 Å². The zero-order chi connectivity index (χ0) is 11.5. The van der Waals surface area contributed by atoms with Crippen molar-refractivity contribution in [2.75, 3.05) is 0 Å². The predicted octanol–water partition coefficient (Wildman–Crippen LogP) is 2.76. The zero-order valence-electron chi connectivity index (χ0n) is 7.98. The summed E-state index contributed by atoms with van der Waals surface area (Å²) in [6.45, 7) is 0. The summed E-state index contributed by atoms with van der Waals surface area (Å²) in [6.07, 6.45) is 1.31. The Morgan fingerprint density at radius 3 is 3.00 bits per heavy atom. The predicted molar refractivity (Wildman–Crippen MR) is 59.4 cm³/mol. The van der Waals surface area contributed by atoms with Gasteiger partial charge in [-0.05, 0) is 11.6 Å². The summed E-state index contributed by atoms with van der Waals surface area (Å²) in [7, 11) is 0. The summed E-state index contributed by atoms with van der Waals surface area (Å²) in [5.41, 5.74) is 0.523. The van der Waals surface area contributed by atoms with Crippen LogP contribution in [-0.4, -0.2) is 14.5 Å². The van der Waals surface area contributed by atoms with Gasteiger partial charge in [0, 0.05) is 6.42 Å². The molecule has 0 bridgehead atoms. The van der Waals surface area contributed by atoms with Gasteiger partial charge < -0.3 is 0 Å². The van der Waals surface area contributed by atoms with E-state index < -0.39 is 5.82 Å². The lowest BCUT2D eigenvalue weighted by molar-refractivity contribution is 0.0988. The molecule has 0 saturated carbocycles. The Kier molecular flexibility index (Phi) is 3.26. The van der Waals surface area contributed by atoms with Crippen molar-refractivity contribution in [3.63, 3.8) is 0 Å². The van der Waals surface area contributed by atoms with Crippen LogP contribution < -0.4 is 0 Å². The van der Waals surface area contributed by atoms with E-state index in [0.717, 1.165) is 11.7 Å². The second-order valence-corrected chi connectivity index (χ2v) is 4.07. The zero-order valence-corrected chi connectivity index (χ0v) is 9.56. The highest BCUT2D eigenvalue weighted by molar-refractivity contribution is 6.99. The molecule has 0 radical (unpaired) electrons. The second-order valence-electron chi connectivity index (χ2n) is 3.11. The van der Waals surface area contributed by atoms with Crippen molar-refractivity contribution in [3.8, 4) is 0 Å². The van der Waals surface area contributed by atoms with E-state index in [-0.39, 0.29) is 28.5 Å². The molecule has 0 aliphatic carbocycles. The van der Waals surface area contributed by atoms with E-state index in [0.29, 0.717) is 0 Å². The van der Waals surface area contributed by atoms with Crippen molar-refractivity contribution in [2.45, 2.75) is 6.42 Å². The Morgan fingerprint density at radius 2 is 2.31 bits per heavy atom. The lowest BCUT2D eigenvalue weighted by atomic mass is 10.1. The molecule has 0 aliphatic rings. The number of rotatable bonds is 3. The van der Waals surface area contributed by atoms with Crippen molar-refractivity contribution in [1.29, 1.82) is 0 Å². The number of carbonyl (C=O) groups excluding carboxylic acids is 1. The van der Waals surface area contributed by atoms with Crippen LogP contribution in [0.4, 0.5) is 4.39 Å². The molecule has 0 fully saturated rings. The molecule has 0 N–H and O–H groups in total. The average molecular weight is 257 g/mol. The van der Waals surface area contributed by atoms with E-state index in [2.05, 4.69) is 8.75 Å². The first-order valence-corrected chi connectivity index (χ1v) is 5.53. The number of Topliss-reactive ketones (excluding diaryl/α,β-unsaturated/α-hetero) is 1. The maximum atomic E-state index is 13.5. The topological polar surface area (TPSA) is 42.9 Å². The van der Waals surface area contributed by atoms with Gasteiger partial charge in [0.2, 0.25) is 0 Å². The Hall–Kier alpha value is -1.33. The van der Waals surface area contributed by atoms with Gasteiger partial charge in [0.05, 0.1) is 22.9 Å². The largest absolute Gasteiger partial charge is 0.292 e. The molecule has 0 amide bonds. The monoisotopic (exact) mass is 256 g/mol. The van der Waals surface area contributed by atoms with Gasteiger partial charge >= 0.3 is 0 Å². The molecule has 1 aromatic heterocycles. The number of benzene rings is 1. The fourth-order valence-electron chi connectivity index (χ4n) is 1.24. The minimum Gasteiger partial charge on any atom is -0.292 e. The Morgan fingerprint density at radius 1 is 1.50 bits per heavy atom. The van der Waals surface area contributed by atoms with Crippen LogP contribution in [0.2, 0.25) is 5.02 Å². The minimum atomic E-state index is -0.555. The molecule has 1 aromatic carbocycles. The summed E-state index contributed by atoms with van der Waals surface area (Å²) in [4.78, 5) is 11.6. The van der Waals surface area contributed by atoms with Gasteiger partial charge in [-0.1, -0.05) is 23.7 Å². The van der Waals surface area contributed by atoms with Gasteiger partial charge in [0.15, 0.2) is 5.78 Å². The summed E-state index contributed by atoms with van der Waals surface area (Å²) in [5.74, 6) is -0.823. The third-order valence-electron chi connectivity index (χ3n) is 2.03. The van der Waals surface area contributed by atoms with Crippen LogP contribution in [0.25, 0.3) is 0 Å². The van der Waals surface area contributed by atoms with Gasteiger partial charge in [-0.15, -0.1) is 0 Å². The molecule has 0 saturated heterocycles. The minimum absolute atomic E-state index is 0.0155. The van der Waals surface area contributed by atoms with E-state index >= 15 is 0 Å². The van der Waals surface area contributed by atoms with E-state index in [9.17, 15) is 9.18 Å². The van der Waals surface area contributed by atoms with Crippen LogP contribution in [0, 0.1) is 5.82 Å². The summed E-state index contributed by atoms with van der Waals surface area (Å²) < 4.78 is 21.0. The summed E-state index contributed by atoms with van der Waals surface area (Å²) >= 11 is 6.56. The number of hydrogen-bond donors (Lipinski definition) is 0. The van der Waals surface area contributed by atoms with E-state index in [1.807, 2.05) is 0 Å². The first-order valence-electron chi connectivity index (χ1n) is 4.42. The molecular formula is C10H6ClFN2OS. The van der Waals surface area contributed by atoms with Gasteiger partial charge in [0.1, 0.15) is 11.5 Å². The standard InChI is InChI=1S/C10H6ClFN2OS/c11-7-3-1-2-6(10(7)12)4-9(15)8-5-13-16-14-8/h1-3,5H,4H2. The molecular weight excluding hydrogens is 251 g/mol. The smallest absolute Gasteiger partial charge is 0.188 e. The highest BCUT2D eigenvalue weighted by Crippen LogP contribution is 2.19. The molecule has 82 valence electrons. The lowest BCUT2D eigenvalue weighted by Gasteiger charge is -2.01. The second kappa shape index (κ2) is 4.67. The van der Waals surface area contributed by atoms with Crippen LogP contribution in [0.1, 0.15) is 16.1 Å². The summed E-state index contributed by atoms with van der Waals surface area (Å²) in [5, 5.41) is 0.0155. The molecule has 0 unspecified atom stereocenters. The van der Waals surface area contributed by atoms with Crippen molar-refractivity contribution >= 4 is 29.1 Å². The average Bonchev–Trinajstić information content (AvgIpc) is 2.78. The highest BCUT2D eigenvalue weighted by Gasteiger charge is 2.14. The number of halogens is 2. The molecule has 6 heteroatoms. The number of nitrogens with zero attached hydrogens (tertiary/aromatic N) is 2. The van der Waals surface area contributed by atoms with E-state index in [4.69, 9.17) is 11.6 Å². The highest BCUT2D eigenvalue weighted by atomic mass is 35.5. The fraction of sp³-hybridized carbons (Fsp3) is 0.100. The van der Waals surface area contributed by atoms with Crippen molar-refractivity contribution < 1.29 is 9.18 Å². The van der Waals surface area contributed by atoms with Crippen LogP contribution in [-0.2, 0) is 6.42 Å². The first-order chi connectivity index (χ1) is 7.68. The van der Waals surface area contributed by atoms with Gasteiger partial charge in [-0.25, -0.2) is 4.39 Å². The van der Waals surface area contributed by atoms with E-state index in [1.165, 1.54) is 18.3 Å². The fourth-order valence-corrected chi connectivity index (χ4v) is 1.86. The van der Waals surface area contributed by atoms with Crippen molar-refractivity contribution in [3.05, 3.63) is 46.5 Å². The molecule has 2 aromatic rings. The molecule has 1 heterocycles. The van der Waals surface area contributed by atoms with Crippen LogP contribution in [0.5, 0.6) is 0 Å². The Labute approximate surface area is 100 Å². The Balaban J connectivity index is 2.22.